The van der Waals surface area contributed by atoms with Crippen LogP contribution in [-0.4, -0.2) is 22.1 Å². The number of aryl methyl sites for hydroxylation is 1. The fourth-order valence-electron chi connectivity index (χ4n) is 1.69. The average Bonchev–Trinajstić information content (AvgIpc) is 2.38. The Balaban J connectivity index is 2.44. The molecular weight excluding hydrogens is 233 g/mol. The molecule has 0 fully saturated rings. The molecule has 1 heterocycles. The first-order chi connectivity index (χ1) is 8.61. The Morgan fingerprint density at radius 3 is 2.83 bits per heavy atom. The van der Waals surface area contributed by atoms with Crippen LogP contribution in [0.1, 0.15) is 11.4 Å². The highest BCUT2D eigenvalue weighted by Gasteiger charge is 2.12. The van der Waals surface area contributed by atoms with E-state index in [0.717, 1.165) is 0 Å². The van der Waals surface area contributed by atoms with Crippen LogP contribution in [0, 0.1) is 12.7 Å². The lowest BCUT2D eigenvalue weighted by molar-refractivity contribution is 0.281. The molecular formula is C13H14FN3O. The maximum absolute atomic E-state index is 13.2. The average molecular weight is 247 g/mol. The predicted octanol–water partition coefficient (Wildman–Crippen LogP) is 2.18. The van der Waals surface area contributed by atoms with E-state index in [4.69, 9.17) is 0 Å². The highest BCUT2D eigenvalue weighted by molar-refractivity contribution is 5.61. The quantitative estimate of drug-likeness (QED) is 0.903. The number of benzene rings is 1. The Bertz CT molecular complexity index is 560. The van der Waals surface area contributed by atoms with E-state index in [0.29, 0.717) is 22.9 Å². The van der Waals surface area contributed by atoms with Crippen molar-refractivity contribution in [2.24, 2.45) is 0 Å². The molecule has 0 bridgehead atoms. The fourth-order valence-corrected chi connectivity index (χ4v) is 1.69. The third-order valence-electron chi connectivity index (χ3n) is 2.65. The van der Waals surface area contributed by atoms with Gasteiger partial charge in [0.15, 0.2) is 0 Å². The van der Waals surface area contributed by atoms with E-state index >= 15 is 0 Å². The topological polar surface area (TPSA) is 49.3 Å². The van der Waals surface area contributed by atoms with E-state index in [1.807, 2.05) is 0 Å². The number of hydrogen-bond acceptors (Lipinski definition) is 4. The van der Waals surface area contributed by atoms with Crippen LogP contribution in [-0.2, 0) is 6.61 Å². The molecule has 1 N–H and O–H groups in total. The van der Waals surface area contributed by atoms with Crippen LogP contribution in [0.4, 0.5) is 15.9 Å². The summed E-state index contributed by atoms with van der Waals surface area (Å²) in [5.41, 5.74) is 1.27. The molecule has 0 radical (unpaired) electrons. The van der Waals surface area contributed by atoms with Gasteiger partial charge in [0.05, 0.1) is 6.61 Å². The maximum atomic E-state index is 13.2. The van der Waals surface area contributed by atoms with Crippen LogP contribution in [0.15, 0.2) is 30.5 Å². The molecule has 0 aliphatic rings. The number of aliphatic hydroxyl groups excluding tert-OH is 1. The van der Waals surface area contributed by atoms with Gasteiger partial charge < -0.3 is 10.0 Å². The molecule has 2 rings (SSSR count). The summed E-state index contributed by atoms with van der Waals surface area (Å²) in [6, 6.07) is 6.21. The van der Waals surface area contributed by atoms with Gasteiger partial charge in [-0.05, 0) is 25.1 Å². The van der Waals surface area contributed by atoms with Gasteiger partial charge in [-0.2, -0.15) is 0 Å². The lowest BCUT2D eigenvalue weighted by Gasteiger charge is -2.20. The Hall–Kier alpha value is -2.01. The van der Waals surface area contributed by atoms with Crippen molar-refractivity contribution < 1.29 is 9.50 Å². The first kappa shape index (κ1) is 12.4. The molecule has 94 valence electrons. The van der Waals surface area contributed by atoms with Crippen molar-refractivity contribution in [3.63, 3.8) is 0 Å². The van der Waals surface area contributed by atoms with E-state index in [2.05, 4.69) is 9.97 Å². The zero-order valence-corrected chi connectivity index (χ0v) is 10.3. The summed E-state index contributed by atoms with van der Waals surface area (Å²) in [6.45, 7) is 1.61. The monoisotopic (exact) mass is 247 g/mol. The van der Waals surface area contributed by atoms with Gasteiger partial charge in [0, 0.05) is 24.5 Å². The number of hydrogen-bond donors (Lipinski definition) is 1. The Labute approximate surface area is 105 Å². The van der Waals surface area contributed by atoms with E-state index < -0.39 is 0 Å². The second-order valence-electron chi connectivity index (χ2n) is 3.96. The molecule has 0 atom stereocenters. The largest absolute Gasteiger partial charge is 0.391 e. The summed E-state index contributed by atoms with van der Waals surface area (Å²) in [4.78, 5) is 10.0. The molecule has 0 aliphatic heterocycles. The molecule has 4 nitrogen and oxygen atoms in total. The zero-order chi connectivity index (χ0) is 13.1. The molecule has 0 unspecified atom stereocenters. The molecule has 0 saturated heterocycles. The molecule has 0 saturated carbocycles. The zero-order valence-electron chi connectivity index (χ0n) is 10.3. The van der Waals surface area contributed by atoms with Gasteiger partial charge >= 0.3 is 0 Å². The standard InChI is InChI=1S/C13H14FN3O/c1-9-15-7-10(8-18)13(16-9)17(2)12-5-3-4-11(14)6-12/h3-7,18H,8H2,1-2H3. The minimum atomic E-state index is -0.310. The van der Waals surface area contributed by atoms with Gasteiger partial charge in [0.1, 0.15) is 17.5 Å². The normalized spacial score (nSPS) is 10.4. The van der Waals surface area contributed by atoms with Gasteiger partial charge in [-0.3, -0.25) is 0 Å². The molecule has 18 heavy (non-hydrogen) atoms. The fraction of sp³-hybridized carbons (Fsp3) is 0.231. The van der Waals surface area contributed by atoms with Crippen molar-refractivity contribution in [3.8, 4) is 0 Å². The lowest BCUT2D eigenvalue weighted by Crippen LogP contribution is -2.15. The summed E-state index contributed by atoms with van der Waals surface area (Å²) < 4.78 is 13.2. The number of nitrogens with zero attached hydrogens (tertiary/aromatic N) is 3. The van der Waals surface area contributed by atoms with Crippen LogP contribution in [0.2, 0.25) is 0 Å². The smallest absolute Gasteiger partial charge is 0.142 e. The number of rotatable bonds is 3. The third-order valence-corrected chi connectivity index (χ3v) is 2.65. The Morgan fingerprint density at radius 1 is 1.39 bits per heavy atom. The number of aromatic nitrogens is 2. The molecule has 1 aromatic heterocycles. The van der Waals surface area contributed by atoms with Gasteiger partial charge in [0.25, 0.3) is 0 Å². The SMILES string of the molecule is Cc1ncc(CO)c(N(C)c2cccc(F)c2)n1. The highest BCUT2D eigenvalue weighted by Crippen LogP contribution is 2.25. The van der Waals surface area contributed by atoms with Crippen molar-refractivity contribution in [1.82, 2.24) is 9.97 Å². The summed E-state index contributed by atoms with van der Waals surface area (Å²) >= 11 is 0. The van der Waals surface area contributed by atoms with E-state index in [-0.39, 0.29) is 12.4 Å². The molecule has 1 aromatic carbocycles. The van der Waals surface area contributed by atoms with Gasteiger partial charge in [-0.25, -0.2) is 14.4 Å². The van der Waals surface area contributed by atoms with E-state index in [1.54, 1.807) is 37.2 Å². The number of halogens is 1. The Morgan fingerprint density at radius 2 is 2.17 bits per heavy atom. The molecule has 2 aromatic rings. The van der Waals surface area contributed by atoms with Crippen LogP contribution in [0.25, 0.3) is 0 Å². The van der Waals surface area contributed by atoms with Crippen molar-refractivity contribution in [2.45, 2.75) is 13.5 Å². The first-order valence-corrected chi connectivity index (χ1v) is 5.54. The van der Waals surface area contributed by atoms with Crippen LogP contribution in [0.3, 0.4) is 0 Å². The number of aliphatic hydroxyl groups is 1. The summed E-state index contributed by atoms with van der Waals surface area (Å²) in [5.74, 6) is 0.872. The molecule has 5 heteroatoms. The van der Waals surface area contributed by atoms with Gasteiger partial charge in [-0.1, -0.05) is 6.07 Å². The van der Waals surface area contributed by atoms with Crippen molar-refractivity contribution >= 4 is 11.5 Å². The van der Waals surface area contributed by atoms with Crippen LogP contribution >= 0.6 is 0 Å². The van der Waals surface area contributed by atoms with Crippen molar-refractivity contribution in [1.29, 1.82) is 0 Å². The molecule has 0 spiro atoms. The van der Waals surface area contributed by atoms with Crippen molar-refractivity contribution in [2.75, 3.05) is 11.9 Å². The minimum Gasteiger partial charge on any atom is -0.391 e. The maximum Gasteiger partial charge on any atom is 0.142 e. The number of anilines is 2. The molecule has 0 amide bonds. The second-order valence-corrected chi connectivity index (χ2v) is 3.96. The Kier molecular flexibility index (Phi) is 3.53. The minimum absolute atomic E-state index is 0.157. The van der Waals surface area contributed by atoms with Gasteiger partial charge in [0.2, 0.25) is 0 Å². The lowest BCUT2D eigenvalue weighted by atomic mass is 10.2. The molecule has 0 aliphatic carbocycles. The van der Waals surface area contributed by atoms with E-state index in [1.165, 1.54) is 12.1 Å². The van der Waals surface area contributed by atoms with Crippen LogP contribution in [0.5, 0.6) is 0 Å². The highest BCUT2D eigenvalue weighted by atomic mass is 19.1. The summed E-state index contributed by atoms with van der Waals surface area (Å²) in [7, 11) is 1.77. The van der Waals surface area contributed by atoms with Crippen LogP contribution < -0.4 is 4.90 Å². The van der Waals surface area contributed by atoms with Crippen molar-refractivity contribution in [3.05, 3.63) is 47.7 Å². The summed E-state index contributed by atoms with van der Waals surface area (Å²) in [5, 5.41) is 9.28. The van der Waals surface area contributed by atoms with Gasteiger partial charge in [-0.15, -0.1) is 0 Å². The van der Waals surface area contributed by atoms with E-state index in [9.17, 15) is 9.50 Å². The third kappa shape index (κ3) is 2.46. The summed E-state index contributed by atoms with van der Waals surface area (Å²) in [6.07, 6.45) is 1.58. The second kappa shape index (κ2) is 5.10. The predicted molar refractivity (Wildman–Crippen MR) is 67.2 cm³/mol. The first-order valence-electron chi connectivity index (χ1n) is 5.54.